The highest BCUT2D eigenvalue weighted by Crippen LogP contribution is 2.53. The van der Waals surface area contributed by atoms with Crippen molar-refractivity contribution in [2.24, 2.45) is 0 Å². The first-order valence-electron chi connectivity index (χ1n) is 23.4. The zero-order chi connectivity index (χ0) is 56.1. The number of anilines is 4. The van der Waals surface area contributed by atoms with Gasteiger partial charge in [-0.15, -0.1) is 0 Å². The second-order valence-corrected chi connectivity index (χ2v) is 21.9. The predicted molar refractivity (Wildman–Crippen MR) is 261 cm³/mol. The van der Waals surface area contributed by atoms with Crippen molar-refractivity contribution >= 4 is 80.4 Å². The van der Waals surface area contributed by atoms with Gasteiger partial charge in [0, 0.05) is 31.9 Å². The third-order valence-corrected chi connectivity index (χ3v) is 15.2. The molecule has 0 saturated carbocycles. The Morgan fingerprint density at radius 2 is 1.11 bits per heavy atom. The summed E-state index contributed by atoms with van der Waals surface area (Å²) in [6.45, 7) is -2.05. The van der Waals surface area contributed by atoms with Crippen molar-refractivity contribution in [3.63, 3.8) is 0 Å². The van der Waals surface area contributed by atoms with E-state index in [0.717, 1.165) is 10.9 Å². The number of aromatic amines is 1. The van der Waals surface area contributed by atoms with Gasteiger partial charge < -0.3 is 71.7 Å². The van der Waals surface area contributed by atoms with Crippen molar-refractivity contribution in [3.05, 3.63) is 64.7 Å². The molecule has 0 spiro atoms. The number of fused-ring (bicyclic) bond motifs is 3. The summed E-state index contributed by atoms with van der Waals surface area (Å²) in [5.41, 5.74) is 22.8. The van der Waals surface area contributed by atoms with Crippen LogP contribution in [0.2, 0.25) is 0 Å². The molecule has 7 aromatic rings. The summed E-state index contributed by atoms with van der Waals surface area (Å²) in [7, 11) is -15.5. The highest BCUT2D eigenvalue weighted by molar-refractivity contribution is 7.47. The molecule has 2 unspecified atom stereocenters. The lowest BCUT2D eigenvalue weighted by molar-refractivity contribution is -0.0607. The second-order valence-electron chi connectivity index (χ2n) is 17.9. The average Bonchev–Trinajstić information content (AvgIpc) is 4.43. The van der Waals surface area contributed by atoms with Crippen LogP contribution in [0.25, 0.3) is 33.5 Å². The van der Waals surface area contributed by atoms with Crippen LogP contribution in [0, 0.1) is 0 Å². The van der Waals surface area contributed by atoms with E-state index in [1.807, 2.05) is 0 Å². The number of nitrogens with zero attached hydrogens (tertiary/aromatic N) is 13. The summed E-state index contributed by atoms with van der Waals surface area (Å²) in [5, 5.41) is 19.4. The largest absolute Gasteiger partial charge is 0.472 e. The summed E-state index contributed by atoms with van der Waals surface area (Å²) >= 11 is 0. The first-order chi connectivity index (χ1) is 37.5. The number of aliphatic hydroxyl groups excluding tert-OH is 2. The van der Waals surface area contributed by atoms with E-state index in [1.54, 1.807) is 10.9 Å². The Bertz CT molecular complexity index is 3640. The Balaban J connectivity index is 0.000000373. The van der Waals surface area contributed by atoms with E-state index in [0.29, 0.717) is 30.0 Å². The minimum atomic E-state index is -5.24. The van der Waals surface area contributed by atoms with Crippen LogP contribution in [-0.4, -0.2) is 167 Å². The summed E-state index contributed by atoms with van der Waals surface area (Å²) in [6, 6.07) is 1.27. The Hall–Kier alpha value is -6.38. The van der Waals surface area contributed by atoms with Crippen LogP contribution in [0.1, 0.15) is 50.6 Å². The van der Waals surface area contributed by atoms with Crippen LogP contribution >= 0.6 is 23.5 Å². The number of hydrogen-bond acceptors (Lipinski definition) is 29. The van der Waals surface area contributed by atoms with Crippen molar-refractivity contribution in [2.45, 2.75) is 93.3 Å². The van der Waals surface area contributed by atoms with Gasteiger partial charge in [0.1, 0.15) is 91.0 Å². The van der Waals surface area contributed by atoms with E-state index in [1.165, 1.54) is 40.4 Å². The number of phosphoric ester groups is 3. The van der Waals surface area contributed by atoms with Crippen LogP contribution in [-0.2, 0) is 55.3 Å². The van der Waals surface area contributed by atoms with Gasteiger partial charge in [-0.25, -0.2) is 53.4 Å². The molecular weight excluding hydrogens is 1120 g/mol. The lowest BCUT2D eigenvalue weighted by Crippen LogP contribution is -2.31. The molecule has 11 rings (SSSR count). The van der Waals surface area contributed by atoms with E-state index >= 15 is 0 Å². The molecule has 11 heterocycles. The molecule has 15 N–H and O–H groups in total. The molecule has 0 radical (unpaired) electrons. The molecule has 13 atom stereocenters. The normalized spacial score (nSPS) is 27.8. The minimum absolute atomic E-state index is 0.0510. The van der Waals surface area contributed by atoms with Gasteiger partial charge in [-0.3, -0.25) is 50.7 Å². The SMILES string of the molecule is Nc1ccn([C@H]2C[C@H](OP(=O)(O)OC[C@H]3O[C@@H](n4cnc5c(=O)[nH]c(N)nc54)C[C@@H]3OP(=O)(O)O)[C@@H](COP(=O)(O)O[C@H]3C[C@H](n4cnc5c(N)ncnc54)O[C@@H]3CO)O2)c(=O)n1.Nc1ncnc2c1ncn2[C@@H]1C[C@H](O)CO1. The van der Waals surface area contributed by atoms with E-state index < -0.39 is 116 Å². The summed E-state index contributed by atoms with van der Waals surface area (Å²) in [5.74, 6) is 0.0544. The van der Waals surface area contributed by atoms with Gasteiger partial charge in [-0.1, -0.05) is 0 Å². The maximum Gasteiger partial charge on any atom is 0.472 e. The molecular formula is C38H49N18O20P3. The maximum absolute atomic E-state index is 13.5. The zero-order valence-corrected chi connectivity index (χ0v) is 43.1. The van der Waals surface area contributed by atoms with Crippen LogP contribution in [0.3, 0.4) is 0 Å². The van der Waals surface area contributed by atoms with Crippen molar-refractivity contribution in [2.75, 3.05) is 49.4 Å². The fraction of sp³-hybridized carbons (Fsp3) is 0.500. The van der Waals surface area contributed by atoms with Crippen molar-refractivity contribution in [3.8, 4) is 0 Å². The van der Waals surface area contributed by atoms with Gasteiger partial charge in [0.2, 0.25) is 5.95 Å². The third kappa shape index (κ3) is 12.4. The predicted octanol–water partition coefficient (Wildman–Crippen LogP) is -2.01. The van der Waals surface area contributed by atoms with E-state index in [9.17, 15) is 53.1 Å². The van der Waals surface area contributed by atoms with Crippen molar-refractivity contribution in [1.82, 2.24) is 68.1 Å². The molecule has 4 aliphatic heterocycles. The smallest absolute Gasteiger partial charge is 0.394 e. The maximum atomic E-state index is 13.5. The number of imidazole rings is 3. The average molecular weight is 1170 g/mol. The number of nitrogen functional groups attached to an aromatic ring is 4. The number of hydrogen-bond donors (Lipinski definition) is 11. The standard InChI is InChI=1S/C29H38N13O18P3.C9H11N5O2/c30-18-1-2-40(29(45)37-18)19-5-14(17(56-19)8-54-62(49,50)59-12-3-20(55-15(12)6-43)41-10-35-22-24(31)33-9-34-25(22)41)60-63(51,52)53-7-16-13(58-61(46,47)48)4-21(57-16)42-11-36-23-26(42)38-28(32)39-27(23)44;10-8-7-9(12-3-11-8)14(4-13-7)6-1-5(15)2-16-6/h1-2,9-17,19-21,43H,3-8H2,(H,49,50)(H,51,52)(H2,30,37,45)(H2,31,33,34)(H2,46,47,48)(H3,32,38,39,44);3-6,15H,1-2H2,(H2,10,11,12)/t12-,13-,14-,15+,16+,17+,19+,20+,21+;5-,6-/m00/s1. The molecule has 0 aromatic carbocycles. The number of aliphatic hydroxyl groups is 2. The van der Waals surface area contributed by atoms with Crippen LogP contribution < -0.4 is 34.2 Å². The van der Waals surface area contributed by atoms with E-state index in [-0.39, 0.29) is 65.4 Å². The van der Waals surface area contributed by atoms with Crippen LogP contribution in [0.5, 0.6) is 0 Å². The zero-order valence-electron chi connectivity index (χ0n) is 40.4. The number of H-pyrrole nitrogens is 1. The second kappa shape index (κ2) is 22.3. The molecule has 0 aliphatic carbocycles. The van der Waals surface area contributed by atoms with Gasteiger partial charge in [-0.2, -0.15) is 9.97 Å². The van der Waals surface area contributed by atoms with Crippen LogP contribution in [0.15, 0.2) is 53.5 Å². The van der Waals surface area contributed by atoms with Crippen LogP contribution in [0.4, 0.5) is 23.4 Å². The first kappa shape index (κ1) is 55.9. The number of nitrogens with two attached hydrogens (primary N) is 4. The lowest BCUT2D eigenvalue weighted by Gasteiger charge is -2.24. The number of rotatable bonds is 17. The first-order valence-corrected chi connectivity index (χ1v) is 27.9. The molecule has 4 saturated heterocycles. The number of nitrogens with one attached hydrogen (secondary N) is 1. The number of ether oxygens (including phenoxy) is 4. The molecule has 38 nitrogen and oxygen atoms in total. The van der Waals surface area contributed by atoms with Gasteiger partial charge >= 0.3 is 29.2 Å². The number of aromatic nitrogens is 14. The Labute approximate surface area is 440 Å². The van der Waals surface area contributed by atoms with Crippen molar-refractivity contribution < 1.29 is 85.0 Å². The topological polar surface area (TPSA) is 545 Å². The lowest BCUT2D eigenvalue weighted by atomic mass is 10.2. The van der Waals surface area contributed by atoms with Crippen molar-refractivity contribution in [1.29, 1.82) is 0 Å². The minimum Gasteiger partial charge on any atom is -0.394 e. The summed E-state index contributed by atoms with van der Waals surface area (Å²) < 4.78 is 93.4. The van der Waals surface area contributed by atoms with Gasteiger partial charge in [0.15, 0.2) is 34.1 Å². The summed E-state index contributed by atoms with van der Waals surface area (Å²) in [6.07, 6.45) is -4.61. The molecule has 4 fully saturated rings. The monoisotopic (exact) mass is 1170 g/mol. The fourth-order valence-electron chi connectivity index (χ4n) is 9.07. The van der Waals surface area contributed by atoms with Gasteiger partial charge in [0.25, 0.3) is 5.56 Å². The highest BCUT2D eigenvalue weighted by Gasteiger charge is 2.47. The van der Waals surface area contributed by atoms with E-state index in [2.05, 4.69) is 49.8 Å². The summed E-state index contributed by atoms with van der Waals surface area (Å²) in [4.78, 5) is 104. The molecule has 79 heavy (non-hydrogen) atoms. The Kier molecular flexibility index (Phi) is 15.8. The van der Waals surface area contributed by atoms with Gasteiger partial charge in [0.05, 0.1) is 51.5 Å². The highest BCUT2D eigenvalue weighted by atomic mass is 31.2. The third-order valence-electron chi connectivity index (χ3n) is 12.6. The molecule has 0 amide bonds. The molecule has 4 aliphatic rings. The molecule has 41 heteroatoms. The van der Waals surface area contributed by atoms with Gasteiger partial charge in [-0.05, 0) is 6.07 Å². The Morgan fingerprint density at radius 3 is 1.63 bits per heavy atom. The Morgan fingerprint density at radius 1 is 0.620 bits per heavy atom. The quantitative estimate of drug-likeness (QED) is 0.0439. The fourth-order valence-corrected chi connectivity index (χ4v) is 11.6. The molecule has 7 aromatic heterocycles. The van der Waals surface area contributed by atoms with E-state index in [4.69, 9.17) is 64.5 Å². The molecule has 0 bridgehead atoms. The molecule has 426 valence electrons. The number of phosphoric acid groups is 3.